The van der Waals surface area contributed by atoms with Crippen molar-refractivity contribution in [1.29, 1.82) is 0 Å². The summed E-state index contributed by atoms with van der Waals surface area (Å²) in [6.45, 7) is -0.540. The lowest BCUT2D eigenvalue weighted by Gasteiger charge is -2.33. The van der Waals surface area contributed by atoms with Gasteiger partial charge in [-0.15, -0.1) is 0 Å². The summed E-state index contributed by atoms with van der Waals surface area (Å²) in [6.07, 6.45) is -8.76. The molecule has 1 aromatic heterocycles. The lowest BCUT2D eigenvalue weighted by atomic mass is 9.86. The molecule has 0 radical (unpaired) electrons. The fourth-order valence-electron chi connectivity index (χ4n) is 5.39. The molecule has 3 unspecified atom stereocenters. The summed E-state index contributed by atoms with van der Waals surface area (Å²) in [4.78, 5) is 32.1. The average molecular weight is 528 g/mol. The van der Waals surface area contributed by atoms with Crippen molar-refractivity contribution in [3.63, 3.8) is 0 Å². The van der Waals surface area contributed by atoms with Crippen LogP contribution in [0.25, 0.3) is 0 Å². The zero-order chi connectivity index (χ0) is 26.5. The maximum atomic E-state index is 13.6. The smallest absolute Gasteiger partial charge is 0.453 e. The van der Waals surface area contributed by atoms with Crippen molar-refractivity contribution in [3.8, 4) is 0 Å². The van der Waals surface area contributed by atoms with Gasteiger partial charge in [-0.1, -0.05) is 0 Å². The Balaban J connectivity index is 1.46. The Morgan fingerprint density at radius 2 is 1.83 bits per heavy atom. The van der Waals surface area contributed by atoms with E-state index in [-0.39, 0.29) is 16.2 Å². The number of ether oxygens (including phenoxy) is 2. The molecule has 6 atom stereocenters. The van der Waals surface area contributed by atoms with E-state index in [1.54, 1.807) is 5.32 Å². The van der Waals surface area contributed by atoms with Crippen LogP contribution in [0.3, 0.4) is 0 Å². The third kappa shape index (κ3) is 5.06. The van der Waals surface area contributed by atoms with Gasteiger partial charge in [0.15, 0.2) is 5.82 Å². The fourth-order valence-corrected chi connectivity index (χ4v) is 5.39. The van der Waals surface area contributed by atoms with Crippen LogP contribution in [-0.4, -0.2) is 77.2 Å². The van der Waals surface area contributed by atoms with E-state index in [0.717, 1.165) is 25.9 Å². The van der Waals surface area contributed by atoms with Crippen molar-refractivity contribution in [2.75, 3.05) is 13.7 Å². The molecule has 3 fully saturated rings. The van der Waals surface area contributed by atoms with E-state index < -0.39 is 67.4 Å². The Labute approximate surface area is 200 Å². The molecule has 8 nitrogen and oxygen atoms in total. The highest BCUT2D eigenvalue weighted by molar-refractivity contribution is 5.82. The molecule has 1 N–H and O–H groups in total. The van der Waals surface area contributed by atoms with Crippen molar-refractivity contribution in [2.24, 2.45) is 5.92 Å². The maximum Gasteiger partial charge on any atom is 0.471 e. The quantitative estimate of drug-likeness (QED) is 0.590. The third-order valence-corrected chi connectivity index (χ3v) is 7.23. The lowest BCUT2D eigenvalue weighted by Crippen LogP contribution is -2.54. The first kappa shape index (κ1) is 26.4. The Hall–Kier alpha value is -2.71. The number of amides is 2. The number of nitrogens with zero attached hydrogens (tertiary/aromatic N) is 3. The largest absolute Gasteiger partial charge is 0.471 e. The monoisotopic (exact) mass is 528 g/mol. The summed E-state index contributed by atoms with van der Waals surface area (Å²) in [5.41, 5.74) is -0.330. The van der Waals surface area contributed by atoms with E-state index in [1.807, 2.05) is 0 Å². The fraction of sp³-hybridized carbons (Fsp3) is 0.714. The molecule has 200 valence electrons. The minimum atomic E-state index is -5.32. The number of carbonyl (C=O) groups excluding carboxylic acids is 2. The molecule has 0 bridgehead atoms. The number of hydrogen-bond acceptors (Lipinski definition) is 6. The van der Waals surface area contributed by atoms with Gasteiger partial charge in [0.2, 0.25) is 0 Å². The van der Waals surface area contributed by atoms with Gasteiger partial charge < -0.3 is 14.8 Å². The standard InChI is InChI=1S/C21H23F7N4O4/c1-35-18(34)32-14(13(5-15(32)20(23,24)25)31-17(33)21(26,27)28)9-36-12-2-3-19(6-10(19)4-12)16-29-7-11(22)8-30-16/h7-8,10,12-15H,2-6,9H2,1H3,(H,31,33)/t10?,12?,13-,14-,15-,19?/m0/s1. The molecule has 0 aromatic carbocycles. The number of methoxy groups -OCH3 is 1. The van der Waals surface area contributed by atoms with Crippen LogP contribution in [-0.2, 0) is 19.7 Å². The highest BCUT2D eigenvalue weighted by Crippen LogP contribution is 2.61. The van der Waals surface area contributed by atoms with Crippen LogP contribution in [0.2, 0.25) is 0 Å². The van der Waals surface area contributed by atoms with Gasteiger partial charge in [0.25, 0.3) is 0 Å². The zero-order valence-electron chi connectivity index (χ0n) is 18.9. The number of halogens is 7. The highest BCUT2D eigenvalue weighted by atomic mass is 19.4. The number of likely N-dealkylation sites (tertiary alicyclic amines) is 1. The summed E-state index contributed by atoms with van der Waals surface area (Å²) in [6, 6.07) is -5.67. The minimum Gasteiger partial charge on any atom is -0.453 e. The summed E-state index contributed by atoms with van der Waals surface area (Å²) in [7, 11) is 0.848. The van der Waals surface area contributed by atoms with Crippen LogP contribution in [0, 0.1) is 11.7 Å². The van der Waals surface area contributed by atoms with E-state index >= 15 is 0 Å². The van der Waals surface area contributed by atoms with Crippen LogP contribution >= 0.6 is 0 Å². The number of carbonyl (C=O) groups is 2. The van der Waals surface area contributed by atoms with Crippen molar-refractivity contribution in [2.45, 2.75) is 74.1 Å². The second kappa shape index (κ2) is 9.30. The molecule has 2 amide bonds. The topological polar surface area (TPSA) is 93.7 Å². The van der Waals surface area contributed by atoms with Crippen molar-refractivity contribution >= 4 is 12.0 Å². The number of alkyl halides is 6. The number of fused-ring (bicyclic) bond motifs is 1. The zero-order valence-corrected chi connectivity index (χ0v) is 18.9. The van der Waals surface area contributed by atoms with Crippen LogP contribution in [0.15, 0.2) is 12.4 Å². The van der Waals surface area contributed by atoms with Crippen LogP contribution in [0.1, 0.15) is 37.9 Å². The second-order valence-corrected chi connectivity index (χ2v) is 9.33. The summed E-state index contributed by atoms with van der Waals surface area (Å²) >= 11 is 0. The van der Waals surface area contributed by atoms with Gasteiger partial charge in [-0.25, -0.2) is 19.2 Å². The van der Waals surface area contributed by atoms with Gasteiger partial charge in [0.1, 0.15) is 11.9 Å². The number of aromatic nitrogens is 2. The Bertz CT molecular complexity index is 990. The lowest BCUT2D eigenvalue weighted by molar-refractivity contribution is -0.176. The first-order valence-electron chi connectivity index (χ1n) is 11.2. The SMILES string of the molecule is COC(=O)N1[C@H](C(F)(F)F)C[C@H](NC(=O)C(F)(F)F)[C@@H]1COC1CCC2(c3ncc(F)cn3)CC2C1. The molecular formula is C21H23F7N4O4. The summed E-state index contributed by atoms with van der Waals surface area (Å²) < 4.78 is 103. The predicted octanol–water partition coefficient (Wildman–Crippen LogP) is 3.26. The average Bonchev–Trinajstić information content (AvgIpc) is 3.42. The summed E-state index contributed by atoms with van der Waals surface area (Å²) in [5, 5.41) is 1.58. The molecule has 3 aliphatic rings. The Morgan fingerprint density at radius 3 is 2.39 bits per heavy atom. The van der Waals surface area contributed by atoms with Gasteiger partial charge in [-0.3, -0.25) is 9.69 Å². The molecule has 4 rings (SSSR count). The first-order chi connectivity index (χ1) is 16.8. The predicted molar refractivity (Wildman–Crippen MR) is 106 cm³/mol. The van der Waals surface area contributed by atoms with Crippen LogP contribution < -0.4 is 5.32 Å². The maximum absolute atomic E-state index is 13.6. The molecule has 2 aliphatic carbocycles. The van der Waals surface area contributed by atoms with Gasteiger partial charge in [-0.2, -0.15) is 26.3 Å². The molecule has 36 heavy (non-hydrogen) atoms. The molecule has 2 heterocycles. The molecule has 1 saturated heterocycles. The van der Waals surface area contributed by atoms with E-state index in [2.05, 4.69) is 14.7 Å². The van der Waals surface area contributed by atoms with E-state index in [9.17, 15) is 40.3 Å². The Morgan fingerprint density at radius 1 is 1.17 bits per heavy atom. The third-order valence-electron chi connectivity index (χ3n) is 7.23. The van der Waals surface area contributed by atoms with Crippen molar-refractivity contribution in [3.05, 3.63) is 24.0 Å². The Kier molecular flexibility index (Phi) is 6.81. The van der Waals surface area contributed by atoms with E-state index in [0.29, 0.717) is 25.1 Å². The van der Waals surface area contributed by atoms with Crippen molar-refractivity contribution in [1.82, 2.24) is 20.2 Å². The van der Waals surface area contributed by atoms with Gasteiger partial charge in [0, 0.05) is 5.41 Å². The second-order valence-electron chi connectivity index (χ2n) is 9.33. The highest BCUT2D eigenvalue weighted by Gasteiger charge is 2.61. The molecule has 2 saturated carbocycles. The van der Waals surface area contributed by atoms with Gasteiger partial charge in [-0.05, 0) is 38.0 Å². The minimum absolute atomic E-state index is 0.0886. The molecule has 15 heteroatoms. The normalized spacial score (nSPS) is 32.1. The van der Waals surface area contributed by atoms with Gasteiger partial charge in [0.05, 0.1) is 44.3 Å². The van der Waals surface area contributed by atoms with Crippen LogP contribution in [0.4, 0.5) is 35.5 Å². The summed E-state index contributed by atoms with van der Waals surface area (Å²) in [5.74, 6) is -2.39. The van der Waals surface area contributed by atoms with Crippen molar-refractivity contribution < 1.29 is 49.8 Å². The number of hydrogen-bond donors (Lipinski definition) is 1. The number of rotatable bonds is 5. The molecular weight excluding hydrogens is 505 g/mol. The van der Waals surface area contributed by atoms with E-state index in [1.165, 1.54) is 0 Å². The van der Waals surface area contributed by atoms with Crippen LogP contribution in [0.5, 0.6) is 0 Å². The molecule has 0 spiro atoms. The first-order valence-corrected chi connectivity index (χ1v) is 11.2. The molecule has 1 aliphatic heterocycles. The number of nitrogens with one attached hydrogen (secondary N) is 1. The molecule has 1 aromatic rings. The van der Waals surface area contributed by atoms with Gasteiger partial charge >= 0.3 is 24.4 Å². The van der Waals surface area contributed by atoms with E-state index in [4.69, 9.17) is 4.74 Å².